The normalized spacial score (nSPS) is 19.9. The van der Waals surface area contributed by atoms with E-state index in [4.69, 9.17) is 10.7 Å². The van der Waals surface area contributed by atoms with Crippen LogP contribution in [0.2, 0.25) is 0 Å². The third-order valence-electron chi connectivity index (χ3n) is 6.53. The van der Waals surface area contributed by atoms with Crippen molar-refractivity contribution in [1.29, 1.82) is 0 Å². The number of guanidine groups is 1. The molecule has 2 atom stereocenters. The zero-order chi connectivity index (χ0) is 21.4. The molecular weight excluding hydrogens is 404 g/mol. The quantitative estimate of drug-likeness (QED) is 0.369. The van der Waals surface area contributed by atoms with Crippen LogP contribution in [0.4, 0.5) is 5.69 Å². The van der Waals surface area contributed by atoms with Crippen molar-refractivity contribution in [2.75, 3.05) is 25.0 Å². The fourth-order valence-corrected chi connectivity index (χ4v) is 5.55. The monoisotopic (exact) mass is 432 g/mol. The van der Waals surface area contributed by atoms with Crippen molar-refractivity contribution in [3.05, 3.63) is 59.0 Å². The van der Waals surface area contributed by atoms with Gasteiger partial charge in [-0.2, -0.15) is 0 Å². The van der Waals surface area contributed by atoms with E-state index in [1.54, 1.807) is 11.3 Å². The maximum Gasteiger partial charge on any atom is 0.191 e. The molecule has 7 heteroatoms. The predicted octanol–water partition coefficient (Wildman–Crippen LogP) is 4.44. The second-order valence-corrected chi connectivity index (χ2v) is 9.35. The van der Waals surface area contributed by atoms with Gasteiger partial charge in [0.05, 0.1) is 6.54 Å². The number of nitrogens with zero attached hydrogens (tertiary/aromatic N) is 4. The molecule has 31 heavy (non-hydrogen) atoms. The van der Waals surface area contributed by atoms with E-state index in [1.807, 2.05) is 12.4 Å². The number of aromatic amines is 1. The number of hydrogen-bond donors (Lipinski definition) is 2. The Morgan fingerprint density at radius 1 is 1.29 bits per heavy atom. The van der Waals surface area contributed by atoms with Crippen molar-refractivity contribution < 1.29 is 0 Å². The van der Waals surface area contributed by atoms with Crippen LogP contribution in [0, 0.1) is 5.92 Å². The summed E-state index contributed by atoms with van der Waals surface area (Å²) >= 11 is 1.76. The summed E-state index contributed by atoms with van der Waals surface area (Å²) in [6.07, 6.45) is 4.91. The zero-order valence-corrected chi connectivity index (χ0v) is 18.8. The average Bonchev–Trinajstić information content (AvgIpc) is 3.44. The first-order chi connectivity index (χ1) is 15.1. The second-order valence-electron chi connectivity index (χ2n) is 8.38. The predicted molar refractivity (Wildman–Crippen MR) is 131 cm³/mol. The van der Waals surface area contributed by atoms with Gasteiger partial charge in [-0.3, -0.25) is 0 Å². The van der Waals surface area contributed by atoms with Gasteiger partial charge in [-0.25, -0.2) is 9.98 Å². The summed E-state index contributed by atoms with van der Waals surface area (Å²) in [6.45, 7) is 4.78. The van der Waals surface area contributed by atoms with Gasteiger partial charge < -0.3 is 20.5 Å². The van der Waals surface area contributed by atoms with Crippen LogP contribution >= 0.6 is 11.3 Å². The molecule has 3 N–H and O–H groups in total. The summed E-state index contributed by atoms with van der Waals surface area (Å²) in [6, 6.07) is 13.0. The van der Waals surface area contributed by atoms with Gasteiger partial charge in [-0.15, -0.1) is 11.3 Å². The number of anilines is 1. The molecule has 5 rings (SSSR count). The summed E-state index contributed by atoms with van der Waals surface area (Å²) < 4.78 is 0. The average molecular weight is 433 g/mol. The number of aliphatic imine (C=N–C) groups is 1. The van der Waals surface area contributed by atoms with Gasteiger partial charge in [-0.1, -0.05) is 31.2 Å². The highest BCUT2D eigenvalue weighted by atomic mass is 32.1. The van der Waals surface area contributed by atoms with Crippen LogP contribution in [-0.2, 0) is 6.54 Å². The number of nitrogens with two attached hydrogens (primary N) is 1. The standard InChI is InChI=1S/C24H28N6S/c1-16-9-12-30(24(25)28-13-22-18-6-4-3-5-17(18)15-31-22)14-21(16)29(2)20-8-11-27-23-19(20)7-10-26-23/h3-8,10-11,15-16,21H,9,12-14H2,1-2H3,(H2,25,28)(H,26,27)/t16-,21+/m1/s1. The Kier molecular flexibility index (Phi) is 5.28. The molecular formula is C24H28N6S. The van der Waals surface area contributed by atoms with E-state index >= 15 is 0 Å². The van der Waals surface area contributed by atoms with Crippen LogP contribution < -0.4 is 10.6 Å². The number of likely N-dealkylation sites (N-methyl/N-ethyl adjacent to an activating group) is 1. The molecule has 1 aromatic carbocycles. The molecule has 1 aliphatic heterocycles. The van der Waals surface area contributed by atoms with E-state index in [9.17, 15) is 0 Å². The van der Waals surface area contributed by atoms with Gasteiger partial charge in [0.1, 0.15) is 5.65 Å². The highest BCUT2D eigenvalue weighted by molar-refractivity contribution is 7.11. The summed E-state index contributed by atoms with van der Waals surface area (Å²) in [5.41, 5.74) is 8.60. The number of pyridine rings is 1. The number of aromatic nitrogens is 2. The van der Waals surface area contributed by atoms with Crippen molar-refractivity contribution >= 4 is 44.8 Å². The number of nitrogens with one attached hydrogen (secondary N) is 1. The number of piperidine rings is 1. The lowest BCUT2D eigenvalue weighted by molar-refractivity contribution is 0.237. The van der Waals surface area contributed by atoms with E-state index in [-0.39, 0.29) is 0 Å². The molecule has 3 aromatic heterocycles. The molecule has 0 bridgehead atoms. The van der Waals surface area contributed by atoms with E-state index < -0.39 is 0 Å². The van der Waals surface area contributed by atoms with Crippen LogP contribution in [0.3, 0.4) is 0 Å². The Morgan fingerprint density at radius 3 is 3.06 bits per heavy atom. The SMILES string of the molecule is C[C@@H]1CCN(C(N)=NCc2scc3ccccc23)C[C@@H]1N(C)c1ccnc2[nH]ccc12. The lowest BCUT2D eigenvalue weighted by Gasteiger charge is -2.43. The summed E-state index contributed by atoms with van der Waals surface area (Å²) in [7, 11) is 2.18. The van der Waals surface area contributed by atoms with Crippen LogP contribution in [-0.4, -0.2) is 47.0 Å². The molecule has 0 unspecified atom stereocenters. The second kappa shape index (κ2) is 8.23. The van der Waals surface area contributed by atoms with Crippen molar-refractivity contribution in [2.45, 2.75) is 25.9 Å². The summed E-state index contributed by atoms with van der Waals surface area (Å²) in [5, 5.41) is 5.90. The van der Waals surface area contributed by atoms with Gasteiger partial charge in [0.15, 0.2) is 5.96 Å². The minimum atomic E-state index is 0.352. The minimum absolute atomic E-state index is 0.352. The fraction of sp³-hybridized carbons (Fsp3) is 0.333. The first kappa shape index (κ1) is 19.9. The van der Waals surface area contributed by atoms with Crippen molar-refractivity contribution in [2.24, 2.45) is 16.6 Å². The van der Waals surface area contributed by atoms with Gasteiger partial charge in [0.25, 0.3) is 0 Å². The van der Waals surface area contributed by atoms with E-state index in [2.05, 4.69) is 75.5 Å². The molecule has 160 valence electrons. The number of hydrogen-bond acceptors (Lipinski definition) is 4. The van der Waals surface area contributed by atoms with Crippen molar-refractivity contribution in [1.82, 2.24) is 14.9 Å². The molecule has 1 fully saturated rings. The number of H-pyrrole nitrogens is 1. The minimum Gasteiger partial charge on any atom is -0.370 e. The van der Waals surface area contributed by atoms with Crippen LogP contribution in [0.15, 0.2) is 59.2 Å². The molecule has 6 nitrogen and oxygen atoms in total. The van der Waals surface area contributed by atoms with Gasteiger partial charge in [-0.05, 0) is 40.6 Å². The largest absolute Gasteiger partial charge is 0.370 e. The molecule has 0 saturated carbocycles. The third-order valence-corrected chi connectivity index (χ3v) is 7.54. The molecule has 0 spiro atoms. The lowest BCUT2D eigenvalue weighted by Crippen LogP contribution is -2.54. The van der Waals surface area contributed by atoms with Crippen molar-refractivity contribution in [3.63, 3.8) is 0 Å². The number of thiophene rings is 1. The van der Waals surface area contributed by atoms with Crippen LogP contribution in [0.1, 0.15) is 18.2 Å². The summed E-state index contributed by atoms with van der Waals surface area (Å²) in [5.74, 6) is 1.21. The fourth-order valence-electron chi connectivity index (χ4n) is 4.62. The van der Waals surface area contributed by atoms with Crippen LogP contribution in [0.5, 0.6) is 0 Å². The number of benzene rings is 1. The third kappa shape index (κ3) is 3.74. The highest BCUT2D eigenvalue weighted by Gasteiger charge is 2.31. The van der Waals surface area contributed by atoms with E-state index in [0.29, 0.717) is 24.5 Å². The molecule has 0 radical (unpaired) electrons. The first-order valence-corrected chi connectivity index (χ1v) is 11.6. The zero-order valence-electron chi connectivity index (χ0n) is 18.0. The molecule has 1 aliphatic rings. The Labute approximate surface area is 186 Å². The number of rotatable bonds is 4. The van der Waals surface area contributed by atoms with Crippen molar-refractivity contribution in [3.8, 4) is 0 Å². The number of fused-ring (bicyclic) bond motifs is 2. The Bertz CT molecular complexity index is 1230. The maximum absolute atomic E-state index is 6.48. The first-order valence-electron chi connectivity index (χ1n) is 10.8. The lowest BCUT2D eigenvalue weighted by atomic mass is 9.92. The van der Waals surface area contributed by atoms with Gasteiger partial charge in [0.2, 0.25) is 0 Å². The molecule has 0 aliphatic carbocycles. The number of likely N-dealkylation sites (tertiary alicyclic amines) is 1. The van der Waals surface area contributed by atoms with Gasteiger partial charge >= 0.3 is 0 Å². The van der Waals surface area contributed by atoms with Crippen LogP contribution in [0.25, 0.3) is 21.8 Å². The van der Waals surface area contributed by atoms with Gasteiger partial charge in [0, 0.05) is 54.5 Å². The molecule has 1 saturated heterocycles. The Morgan fingerprint density at radius 2 is 2.16 bits per heavy atom. The Balaban J connectivity index is 1.34. The molecule has 4 heterocycles. The highest BCUT2D eigenvalue weighted by Crippen LogP contribution is 2.30. The molecule has 4 aromatic rings. The van der Waals surface area contributed by atoms with E-state index in [1.165, 1.54) is 21.3 Å². The topological polar surface area (TPSA) is 73.5 Å². The maximum atomic E-state index is 6.48. The van der Waals surface area contributed by atoms with E-state index in [0.717, 1.165) is 30.5 Å². The smallest absolute Gasteiger partial charge is 0.191 e. The Hall–Kier alpha value is -3.06. The summed E-state index contributed by atoms with van der Waals surface area (Å²) in [4.78, 5) is 18.3. The molecule has 0 amide bonds.